The predicted molar refractivity (Wildman–Crippen MR) is 89.6 cm³/mol. The van der Waals surface area contributed by atoms with Crippen LogP contribution >= 0.6 is 22.7 Å². The monoisotopic (exact) mass is 364 g/mol. The molecule has 0 amide bonds. The highest BCUT2D eigenvalue weighted by Crippen LogP contribution is 2.44. The van der Waals surface area contributed by atoms with Crippen LogP contribution in [0.15, 0.2) is 46.4 Å². The van der Waals surface area contributed by atoms with Crippen molar-refractivity contribution in [2.75, 3.05) is 0 Å². The summed E-state index contributed by atoms with van der Waals surface area (Å²) in [5, 5.41) is 25.3. The summed E-state index contributed by atoms with van der Waals surface area (Å²) in [4.78, 5) is 14.2. The van der Waals surface area contributed by atoms with Gasteiger partial charge in [0, 0.05) is 28.2 Å². The molecule has 7 heteroatoms. The molecule has 0 aromatic carbocycles. The fourth-order valence-electron chi connectivity index (χ4n) is 3.16. The van der Waals surface area contributed by atoms with Gasteiger partial charge in [-0.1, -0.05) is 12.1 Å². The number of aliphatic hydroxyl groups is 2. The van der Waals surface area contributed by atoms with Gasteiger partial charge < -0.3 is 19.7 Å². The summed E-state index contributed by atoms with van der Waals surface area (Å²) < 4.78 is 11.0. The molecule has 2 aromatic heterocycles. The standard InChI is InChI=1S/C17H16O5S2/c18-14-13-8-17(20,16(19)22-13)12(7-10-3-1-5-23-10)15(14)21-9-11-4-2-6-24-11/h1-6,13-14,18,20H,7-9H2/t13-,14+,17-/m1/s1. The van der Waals surface area contributed by atoms with E-state index in [0.717, 1.165) is 9.75 Å². The molecule has 126 valence electrons. The van der Waals surface area contributed by atoms with Crippen LogP contribution in [0.2, 0.25) is 0 Å². The molecule has 24 heavy (non-hydrogen) atoms. The minimum atomic E-state index is -1.71. The van der Waals surface area contributed by atoms with Gasteiger partial charge in [-0.3, -0.25) is 0 Å². The summed E-state index contributed by atoms with van der Waals surface area (Å²) in [6.45, 7) is 0.287. The normalized spacial score (nSPS) is 29.0. The number of carbonyl (C=O) groups is 1. The van der Waals surface area contributed by atoms with Gasteiger partial charge in [0.25, 0.3) is 0 Å². The molecule has 4 rings (SSSR count). The van der Waals surface area contributed by atoms with Gasteiger partial charge in [0.15, 0.2) is 5.60 Å². The van der Waals surface area contributed by atoms with Gasteiger partial charge in [0.1, 0.15) is 24.6 Å². The average molecular weight is 364 g/mol. The second-order valence-electron chi connectivity index (χ2n) is 5.92. The van der Waals surface area contributed by atoms with Gasteiger partial charge in [-0.2, -0.15) is 0 Å². The molecule has 0 unspecified atom stereocenters. The second kappa shape index (κ2) is 6.00. The van der Waals surface area contributed by atoms with E-state index in [9.17, 15) is 15.0 Å². The smallest absolute Gasteiger partial charge is 0.343 e. The molecule has 2 aromatic rings. The Morgan fingerprint density at radius 1 is 1.25 bits per heavy atom. The van der Waals surface area contributed by atoms with Crippen LogP contribution in [-0.2, 0) is 27.3 Å². The molecule has 0 radical (unpaired) electrons. The molecule has 1 saturated heterocycles. The largest absolute Gasteiger partial charge is 0.489 e. The van der Waals surface area contributed by atoms with Gasteiger partial charge in [0.05, 0.1) is 0 Å². The highest BCUT2D eigenvalue weighted by atomic mass is 32.1. The van der Waals surface area contributed by atoms with Crippen LogP contribution < -0.4 is 0 Å². The maximum absolute atomic E-state index is 12.2. The van der Waals surface area contributed by atoms with E-state index in [1.807, 2.05) is 35.0 Å². The first-order chi connectivity index (χ1) is 11.6. The Kier molecular flexibility index (Phi) is 3.96. The summed E-state index contributed by atoms with van der Waals surface area (Å²) in [5.74, 6) is -0.436. The third-order valence-corrected chi connectivity index (χ3v) is 6.12. The van der Waals surface area contributed by atoms with Crippen molar-refractivity contribution in [3.8, 4) is 0 Å². The first-order valence-corrected chi connectivity index (χ1v) is 9.36. The summed E-state index contributed by atoms with van der Waals surface area (Å²) in [6, 6.07) is 7.69. The van der Waals surface area contributed by atoms with E-state index in [4.69, 9.17) is 9.47 Å². The van der Waals surface area contributed by atoms with E-state index < -0.39 is 23.8 Å². The van der Waals surface area contributed by atoms with Crippen LogP contribution in [0.25, 0.3) is 0 Å². The Morgan fingerprint density at radius 3 is 2.62 bits per heavy atom. The number of esters is 1. The van der Waals surface area contributed by atoms with Crippen molar-refractivity contribution in [3.63, 3.8) is 0 Å². The number of ether oxygens (including phenoxy) is 2. The van der Waals surface area contributed by atoms with Crippen molar-refractivity contribution in [3.05, 3.63) is 56.1 Å². The fourth-order valence-corrected chi connectivity index (χ4v) is 4.49. The van der Waals surface area contributed by atoms with E-state index >= 15 is 0 Å². The maximum Gasteiger partial charge on any atom is 0.343 e. The lowest BCUT2D eigenvalue weighted by Gasteiger charge is -2.31. The van der Waals surface area contributed by atoms with E-state index in [-0.39, 0.29) is 18.8 Å². The number of carbonyl (C=O) groups excluding carboxylic acids is 1. The number of rotatable bonds is 5. The van der Waals surface area contributed by atoms with E-state index in [1.54, 1.807) is 11.3 Å². The van der Waals surface area contributed by atoms with E-state index in [0.29, 0.717) is 12.0 Å². The third-order valence-electron chi connectivity index (χ3n) is 4.39. The van der Waals surface area contributed by atoms with Crippen LogP contribution in [0.4, 0.5) is 0 Å². The van der Waals surface area contributed by atoms with Crippen LogP contribution in [0.1, 0.15) is 16.2 Å². The Hall–Kier alpha value is -1.67. The van der Waals surface area contributed by atoms with E-state index in [2.05, 4.69) is 0 Å². The van der Waals surface area contributed by atoms with Crippen molar-refractivity contribution in [2.24, 2.45) is 0 Å². The minimum absolute atomic E-state index is 0.0690. The second-order valence-corrected chi connectivity index (χ2v) is 7.98. The Morgan fingerprint density at radius 2 is 1.96 bits per heavy atom. The number of hydrogen-bond acceptors (Lipinski definition) is 7. The molecule has 1 aliphatic heterocycles. The molecule has 0 spiro atoms. The van der Waals surface area contributed by atoms with Crippen LogP contribution in [-0.4, -0.2) is 34.0 Å². The quantitative estimate of drug-likeness (QED) is 0.796. The van der Waals surface area contributed by atoms with Gasteiger partial charge in [-0.15, -0.1) is 22.7 Å². The number of hydrogen-bond donors (Lipinski definition) is 2. The predicted octanol–water partition coefficient (Wildman–Crippen LogP) is 2.24. The molecule has 2 bridgehead atoms. The van der Waals surface area contributed by atoms with E-state index in [1.165, 1.54) is 11.3 Å². The van der Waals surface area contributed by atoms with Gasteiger partial charge in [-0.05, 0) is 22.9 Å². The molecule has 0 saturated carbocycles. The zero-order valence-electron chi connectivity index (χ0n) is 12.7. The highest BCUT2D eigenvalue weighted by molar-refractivity contribution is 7.10. The van der Waals surface area contributed by atoms with Gasteiger partial charge in [-0.25, -0.2) is 4.79 Å². The number of aliphatic hydroxyl groups excluding tert-OH is 1. The maximum atomic E-state index is 12.2. The van der Waals surface area contributed by atoms with Crippen molar-refractivity contribution in [2.45, 2.75) is 37.3 Å². The lowest BCUT2D eigenvalue weighted by atomic mass is 9.80. The summed E-state index contributed by atoms with van der Waals surface area (Å²) in [6.07, 6.45) is -1.38. The van der Waals surface area contributed by atoms with Crippen molar-refractivity contribution < 1.29 is 24.5 Å². The summed E-state index contributed by atoms with van der Waals surface area (Å²) in [7, 11) is 0. The molecule has 2 aliphatic rings. The highest BCUT2D eigenvalue weighted by Gasteiger charge is 2.58. The first kappa shape index (κ1) is 15.8. The van der Waals surface area contributed by atoms with Crippen LogP contribution in [0.3, 0.4) is 0 Å². The molecule has 3 heterocycles. The lowest BCUT2D eigenvalue weighted by Crippen LogP contribution is -2.44. The number of fused-ring (bicyclic) bond motifs is 2. The Bertz CT molecular complexity index is 765. The molecule has 2 N–H and O–H groups in total. The zero-order valence-corrected chi connectivity index (χ0v) is 14.3. The lowest BCUT2D eigenvalue weighted by molar-refractivity contribution is -0.153. The minimum Gasteiger partial charge on any atom is -0.489 e. The average Bonchev–Trinajstić information content (AvgIpc) is 3.28. The summed E-state index contributed by atoms with van der Waals surface area (Å²) in [5.41, 5.74) is -1.30. The molecule has 5 nitrogen and oxygen atoms in total. The molecule has 1 fully saturated rings. The Balaban J connectivity index is 1.71. The SMILES string of the molecule is O=C1O[C@@H]2C[C@@]1(O)C(Cc1cccs1)=C(OCc1cccs1)[C@H]2O. The van der Waals surface area contributed by atoms with Crippen molar-refractivity contribution in [1.29, 1.82) is 0 Å². The summed E-state index contributed by atoms with van der Waals surface area (Å²) >= 11 is 3.08. The molecule has 1 aliphatic carbocycles. The Labute approximate surface area is 146 Å². The first-order valence-electron chi connectivity index (χ1n) is 7.60. The topological polar surface area (TPSA) is 76.0 Å². The fraction of sp³-hybridized carbons (Fsp3) is 0.353. The van der Waals surface area contributed by atoms with Gasteiger partial charge in [0.2, 0.25) is 0 Å². The molecular weight excluding hydrogens is 348 g/mol. The molecule has 3 atom stereocenters. The number of thiophene rings is 2. The third kappa shape index (κ3) is 2.57. The van der Waals surface area contributed by atoms with Gasteiger partial charge >= 0.3 is 5.97 Å². The van der Waals surface area contributed by atoms with Crippen LogP contribution in [0, 0.1) is 0 Å². The van der Waals surface area contributed by atoms with Crippen molar-refractivity contribution in [1.82, 2.24) is 0 Å². The van der Waals surface area contributed by atoms with Crippen LogP contribution in [0.5, 0.6) is 0 Å². The zero-order chi connectivity index (χ0) is 16.7. The van der Waals surface area contributed by atoms with Crippen molar-refractivity contribution >= 4 is 28.6 Å². The molecular formula is C17H16O5S2.